The van der Waals surface area contributed by atoms with E-state index in [0.717, 1.165) is 38.5 Å². The van der Waals surface area contributed by atoms with Gasteiger partial charge in [-0.25, -0.2) is 0 Å². The van der Waals surface area contributed by atoms with Gasteiger partial charge in [0.05, 0.1) is 34.2 Å². The highest BCUT2D eigenvalue weighted by Crippen LogP contribution is 2.40. The number of hydrogen-bond donors (Lipinski definition) is 0. The summed E-state index contributed by atoms with van der Waals surface area (Å²) in [7, 11) is 0. The zero-order valence-electron chi connectivity index (χ0n) is 16.9. The number of nitro groups is 2. The van der Waals surface area contributed by atoms with E-state index in [4.69, 9.17) is 9.47 Å². The molecule has 0 saturated heterocycles. The van der Waals surface area contributed by atoms with Crippen LogP contribution in [0.5, 0.6) is 11.5 Å². The van der Waals surface area contributed by atoms with E-state index in [1.54, 1.807) is 0 Å². The molecule has 0 amide bonds. The van der Waals surface area contributed by atoms with Crippen LogP contribution in [-0.4, -0.2) is 23.1 Å². The highest BCUT2D eigenvalue weighted by atomic mass is 16.6. The summed E-state index contributed by atoms with van der Waals surface area (Å²) in [4.78, 5) is 22.1. The molecule has 0 aliphatic carbocycles. The number of ether oxygens (including phenoxy) is 2. The van der Waals surface area contributed by atoms with Gasteiger partial charge in [0.25, 0.3) is 11.4 Å². The fourth-order valence-corrected chi connectivity index (χ4v) is 3.60. The Morgan fingerprint density at radius 1 is 0.600 bits per heavy atom. The van der Waals surface area contributed by atoms with Gasteiger partial charge in [-0.3, -0.25) is 20.2 Å². The van der Waals surface area contributed by atoms with Crippen LogP contribution in [0.15, 0.2) is 36.4 Å². The van der Waals surface area contributed by atoms with Gasteiger partial charge in [0.1, 0.15) is 11.5 Å². The second kappa shape index (κ2) is 10.6. The smallest absolute Gasteiger partial charge is 0.277 e. The lowest BCUT2D eigenvalue weighted by Crippen LogP contribution is -2.02. The third kappa shape index (κ3) is 5.68. The van der Waals surface area contributed by atoms with Crippen molar-refractivity contribution in [3.05, 3.63) is 56.6 Å². The number of rotatable bonds is 2. The average Bonchev–Trinajstić information content (AvgIpc) is 2.73. The van der Waals surface area contributed by atoms with Crippen LogP contribution in [0.4, 0.5) is 11.4 Å². The fourth-order valence-electron chi connectivity index (χ4n) is 3.60. The van der Waals surface area contributed by atoms with Crippen molar-refractivity contribution in [2.45, 2.75) is 51.4 Å². The van der Waals surface area contributed by atoms with Crippen molar-refractivity contribution in [2.24, 2.45) is 0 Å². The zero-order valence-corrected chi connectivity index (χ0v) is 16.9. The summed E-state index contributed by atoms with van der Waals surface area (Å²) in [6.45, 7) is 1.00. The topological polar surface area (TPSA) is 105 Å². The number of fused-ring (bicyclic) bond motifs is 5. The van der Waals surface area contributed by atoms with Gasteiger partial charge in [-0.15, -0.1) is 0 Å². The summed E-state index contributed by atoms with van der Waals surface area (Å²) in [5.74, 6) is 0.912. The van der Waals surface area contributed by atoms with Crippen LogP contribution < -0.4 is 9.47 Å². The zero-order chi connectivity index (χ0) is 21.3. The first-order chi connectivity index (χ1) is 14.6. The summed E-state index contributed by atoms with van der Waals surface area (Å²) < 4.78 is 11.5. The first kappa shape index (κ1) is 21.5. The standard InChI is InChI=1S/C22H26N2O6/c25-23(26)21-11-9-17-15-19(21)20-16-18(10-12-22(20)24(27)28)30-14-8-6-4-2-1-3-5-7-13-29-17/h9-12,15-16H,1-8,13-14H2. The predicted octanol–water partition coefficient (Wildman–Crippen LogP) is 6.06. The first-order valence-corrected chi connectivity index (χ1v) is 10.4. The second-order valence-electron chi connectivity index (χ2n) is 7.40. The van der Waals surface area contributed by atoms with E-state index in [9.17, 15) is 20.2 Å². The Hall–Kier alpha value is -3.16. The lowest BCUT2D eigenvalue weighted by atomic mass is 10.0. The number of nitro benzene ring substituents is 2. The molecule has 0 unspecified atom stereocenters. The molecule has 8 nitrogen and oxygen atoms in total. The van der Waals surface area contributed by atoms with E-state index in [1.165, 1.54) is 49.2 Å². The predicted molar refractivity (Wildman–Crippen MR) is 113 cm³/mol. The van der Waals surface area contributed by atoms with Crippen molar-refractivity contribution in [3.63, 3.8) is 0 Å². The minimum atomic E-state index is -0.539. The normalized spacial score (nSPS) is 15.7. The lowest BCUT2D eigenvalue weighted by molar-refractivity contribution is -0.386. The van der Waals surface area contributed by atoms with Gasteiger partial charge in [0, 0.05) is 12.1 Å². The van der Waals surface area contributed by atoms with Crippen molar-refractivity contribution in [1.82, 2.24) is 0 Å². The summed E-state index contributed by atoms with van der Waals surface area (Å²) >= 11 is 0. The van der Waals surface area contributed by atoms with Crippen molar-refractivity contribution < 1.29 is 19.3 Å². The molecular formula is C22H26N2O6. The maximum Gasteiger partial charge on any atom is 0.277 e. The summed E-state index contributed by atoms with van der Waals surface area (Å²) in [6, 6.07) is 8.75. The minimum absolute atomic E-state index is 0.149. The summed E-state index contributed by atoms with van der Waals surface area (Å²) in [5.41, 5.74) is -0.124. The molecule has 0 aromatic heterocycles. The highest BCUT2D eigenvalue weighted by Gasteiger charge is 2.24. The monoisotopic (exact) mass is 414 g/mol. The van der Waals surface area contributed by atoms with E-state index in [1.807, 2.05) is 0 Å². The highest BCUT2D eigenvalue weighted by molar-refractivity contribution is 5.82. The molecule has 0 N–H and O–H groups in total. The lowest BCUT2D eigenvalue weighted by Gasteiger charge is -2.12. The molecule has 1 aliphatic heterocycles. The molecule has 1 aliphatic rings. The van der Waals surface area contributed by atoms with Crippen LogP contribution in [0.2, 0.25) is 0 Å². The Morgan fingerprint density at radius 2 is 0.967 bits per heavy atom. The van der Waals surface area contributed by atoms with Crippen LogP contribution in [0.3, 0.4) is 0 Å². The van der Waals surface area contributed by atoms with E-state index in [0.29, 0.717) is 24.7 Å². The van der Waals surface area contributed by atoms with Crippen molar-refractivity contribution in [1.29, 1.82) is 0 Å². The SMILES string of the molecule is O=[N+]([O-])c1ccc2cc1-c1cc(ccc1[N+](=O)[O-])OCCCCCCCCCCO2. The number of benzene rings is 2. The Bertz CT molecular complexity index is 826. The molecule has 0 fully saturated rings. The summed E-state index contributed by atoms with van der Waals surface area (Å²) in [5, 5.41) is 23.2. The van der Waals surface area contributed by atoms with Crippen LogP contribution in [0.25, 0.3) is 11.1 Å². The van der Waals surface area contributed by atoms with Crippen LogP contribution in [-0.2, 0) is 0 Å². The molecule has 0 radical (unpaired) electrons. The van der Waals surface area contributed by atoms with Crippen LogP contribution >= 0.6 is 0 Å². The third-order valence-corrected chi connectivity index (χ3v) is 5.20. The van der Waals surface area contributed by atoms with Gasteiger partial charge in [-0.2, -0.15) is 0 Å². The van der Waals surface area contributed by atoms with Crippen molar-refractivity contribution in [3.8, 4) is 22.6 Å². The number of hydrogen-bond acceptors (Lipinski definition) is 6. The Morgan fingerprint density at radius 3 is 1.33 bits per heavy atom. The Labute approximate surface area is 175 Å². The van der Waals surface area contributed by atoms with Crippen LogP contribution in [0, 0.1) is 20.2 Å². The molecule has 0 spiro atoms. The van der Waals surface area contributed by atoms with Gasteiger partial charge in [-0.1, -0.05) is 38.5 Å². The molecule has 160 valence electrons. The molecule has 4 bridgehead atoms. The molecule has 1 heterocycles. The van der Waals surface area contributed by atoms with E-state index >= 15 is 0 Å². The Kier molecular flexibility index (Phi) is 7.59. The maximum atomic E-state index is 11.6. The molecule has 0 saturated carbocycles. The van der Waals surface area contributed by atoms with Crippen molar-refractivity contribution >= 4 is 11.4 Å². The quantitative estimate of drug-likeness (QED) is 0.437. The fraction of sp³-hybridized carbons (Fsp3) is 0.455. The average molecular weight is 414 g/mol. The maximum absolute atomic E-state index is 11.6. The second-order valence-corrected chi connectivity index (χ2v) is 7.40. The van der Waals surface area contributed by atoms with Gasteiger partial charge in [0.15, 0.2) is 0 Å². The van der Waals surface area contributed by atoms with E-state index < -0.39 is 9.85 Å². The molecule has 2 aromatic rings. The molecular weight excluding hydrogens is 388 g/mol. The number of nitrogens with zero attached hydrogens (tertiary/aromatic N) is 2. The third-order valence-electron chi connectivity index (χ3n) is 5.20. The van der Waals surface area contributed by atoms with E-state index in [-0.39, 0.29) is 22.5 Å². The van der Waals surface area contributed by atoms with Crippen LogP contribution in [0.1, 0.15) is 51.4 Å². The molecule has 2 aromatic carbocycles. The van der Waals surface area contributed by atoms with Crippen molar-refractivity contribution in [2.75, 3.05) is 13.2 Å². The first-order valence-electron chi connectivity index (χ1n) is 10.4. The van der Waals surface area contributed by atoms with E-state index in [2.05, 4.69) is 0 Å². The molecule has 8 heteroatoms. The van der Waals surface area contributed by atoms with Gasteiger partial charge in [0.2, 0.25) is 0 Å². The minimum Gasteiger partial charge on any atom is -0.494 e. The Balaban J connectivity index is 2.01. The van der Waals surface area contributed by atoms with Gasteiger partial charge in [-0.05, 0) is 37.1 Å². The molecule has 3 rings (SSSR count). The largest absolute Gasteiger partial charge is 0.494 e. The molecule has 30 heavy (non-hydrogen) atoms. The van der Waals surface area contributed by atoms with Gasteiger partial charge >= 0.3 is 0 Å². The molecule has 0 atom stereocenters. The summed E-state index contributed by atoms with van der Waals surface area (Å²) in [6.07, 6.45) is 8.64. The van der Waals surface area contributed by atoms with Gasteiger partial charge < -0.3 is 9.47 Å².